The van der Waals surface area contributed by atoms with E-state index in [9.17, 15) is 18.4 Å². The largest absolute Gasteiger partial charge is 0.453 e. The van der Waals surface area contributed by atoms with Crippen molar-refractivity contribution in [3.63, 3.8) is 0 Å². The van der Waals surface area contributed by atoms with Gasteiger partial charge >= 0.3 is 10.9 Å². The van der Waals surface area contributed by atoms with Crippen LogP contribution >= 0.6 is 11.8 Å². The zero-order valence-electron chi connectivity index (χ0n) is 25.0. The number of sulfone groups is 1. The summed E-state index contributed by atoms with van der Waals surface area (Å²) in [6, 6.07) is 14.8. The first-order valence-electron chi connectivity index (χ1n) is 14.1. The predicted octanol–water partition coefficient (Wildman–Crippen LogP) is 6.46. The van der Waals surface area contributed by atoms with Crippen LogP contribution in [0.2, 0.25) is 0 Å². The molecule has 0 atom stereocenters. The van der Waals surface area contributed by atoms with E-state index >= 15 is 0 Å². The predicted molar refractivity (Wildman–Crippen MR) is 168 cm³/mol. The summed E-state index contributed by atoms with van der Waals surface area (Å²) >= 11 is 1.58. The molecule has 9 nitrogen and oxygen atoms in total. The number of hydrogen-bond donors (Lipinski definition) is 1. The van der Waals surface area contributed by atoms with Gasteiger partial charge in [0.25, 0.3) is 15.7 Å². The van der Waals surface area contributed by atoms with Crippen molar-refractivity contribution in [1.29, 1.82) is 0 Å². The normalized spacial score (nSPS) is 12.2. The van der Waals surface area contributed by atoms with E-state index in [2.05, 4.69) is 61.0 Å². The molecule has 0 aliphatic rings. The van der Waals surface area contributed by atoms with Crippen molar-refractivity contribution >= 4 is 27.5 Å². The average Bonchev–Trinajstić information content (AvgIpc) is 3.36. The van der Waals surface area contributed by atoms with Crippen molar-refractivity contribution in [1.82, 2.24) is 10.5 Å². The van der Waals surface area contributed by atoms with Crippen LogP contribution < -0.4 is 15.0 Å². The van der Waals surface area contributed by atoms with E-state index in [4.69, 9.17) is 4.74 Å². The molecule has 0 unspecified atom stereocenters. The van der Waals surface area contributed by atoms with Crippen molar-refractivity contribution in [2.45, 2.75) is 68.2 Å². The minimum Gasteiger partial charge on any atom is -0.453 e. The Morgan fingerprint density at radius 1 is 0.977 bits per heavy atom. The number of carbonyl (C=O) groups excluding carboxylic acids is 1. The summed E-state index contributed by atoms with van der Waals surface area (Å²) in [4.78, 5) is 13.5. The smallest absolute Gasteiger partial charge is 0.415 e. The Kier molecular flexibility index (Phi) is 13.1. The molecule has 3 aromatic rings. The number of nitrogens with zero attached hydrogens (tertiary/aromatic N) is 2. The van der Waals surface area contributed by atoms with Crippen LogP contribution in [0.4, 0.5) is 0 Å². The molecule has 0 saturated heterocycles. The standard InChI is InChI=1S/C32H39N3O6S2/c1-24(2)12-10-13-25(3)14-11-15-26(4)20-23-42-29-19-9-8-18-28(29)30(36)33-21-22-40-31-32(35(37)41-34-31)43(38,39)27-16-6-5-7-17-27/h5-9,12,14,16-20H,10-11,13,15,21-23H2,1-4H3,(H,33,36)/b25-14+,26-20+. The molecule has 0 fully saturated rings. The third kappa shape index (κ3) is 10.4. The van der Waals surface area contributed by atoms with Crippen molar-refractivity contribution < 1.29 is 27.5 Å². The van der Waals surface area contributed by atoms with Gasteiger partial charge in [0.2, 0.25) is 0 Å². The molecule has 0 bridgehead atoms. The highest BCUT2D eigenvalue weighted by atomic mass is 32.2. The van der Waals surface area contributed by atoms with Crippen molar-refractivity contribution in [3.8, 4) is 5.88 Å². The molecule has 3 rings (SSSR count). The highest BCUT2D eigenvalue weighted by Gasteiger charge is 2.35. The van der Waals surface area contributed by atoms with Gasteiger partial charge in [0, 0.05) is 10.6 Å². The van der Waals surface area contributed by atoms with Gasteiger partial charge < -0.3 is 15.3 Å². The van der Waals surface area contributed by atoms with Gasteiger partial charge in [-0.25, -0.2) is 8.42 Å². The first-order valence-corrected chi connectivity index (χ1v) is 16.5. The fourth-order valence-corrected chi connectivity index (χ4v) is 6.37. The first kappa shape index (κ1) is 33.7. The van der Waals surface area contributed by atoms with Crippen molar-refractivity contribution in [2.75, 3.05) is 18.9 Å². The van der Waals surface area contributed by atoms with Gasteiger partial charge in [-0.1, -0.05) is 65.3 Å². The van der Waals surface area contributed by atoms with E-state index in [1.54, 1.807) is 30.0 Å². The van der Waals surface area contributed by atoms with E-state index in [1.807, 2.05) is 12.1 Å². The van der Waals surface area contributed by atoms with Crippen LogP contribution in [0.1, 0.15) is 63.7 Å². The summed E-state index contributed by atoms with van der Waals surface area (Å²) in [5.74, 6) is -0.0272. The van der Waals surface area contributed by atoms with Crippen molar-refractivity contribution in [3.05, 3.63) is 100 Å². The minimum atomic E-state index is -4.22. The number of allylic oxidation sites excluding steroid dienone is 5. The Morgan fingerprint density at radius 3 is 2.35 bits per heavy atom. The van der Waals surface area contributed by atoms with Crippen LogP contribution in [0.3, 0.4) is 0 Å². The van der Waals surface area contributed by atoms with Gasteiger partial charge in [-0.3, -0.25) is 9.42 Å². The SMILES string of the molecule is CC(C)=CCC/C(C)=C/CC/C(C)=C/CSc1ccccc1C(=O)NCCOc1no[n+]([O-])c1S(=O)(=O)c1ccccc1. The molecular weight excluding hydrogens is 587 g/mol. The number of ether oxygens (including phenoxy) is 1. The van der Waals surface area contributed by atoms with Gasteiger partial charge in [0.1, 0.15) is 6.61 Å². The molecule has 0 aliphatic heterocycles. The first-order chi connectivity index (χ1) is 20.6. The summed E-state index contributed by atoms with van der Waals surface area (Å²) in [7, 11) is -4.22. The molecule has 11 heteroatoms. The number of rotatable bonds is 16. The number of benzene rings is 2. The summed E-state index contributed by atoms with van der Waals surface area (Å²) in [6.07, 6.45) is 11.0. The second kappa shape index (κ2) is 16.7. The number of hydrogen-bond acceptors (Lipinski definition) is 8. The molecule has 43 heavy (non-hydrogen) atoms. The lowest BCUT2D eigenvalue weighted by Crippen LogP contribution is -2.31. The number of thioether (sulfide) groups is 1. The van der Waals surface area contributed by atoms with Gasteiger partial charge in [-0.15, -0.1) is 11.8 Å². The fraction of sp³-hybridized carbons (Fsp3) is 0.344. The Bertz CT molecular complexity index is 1560. The van der Waals surface area contributed by atoms with Gasteiger partial charge in [-0.2, -0.15) is 0 Å². The monoisotopic (exact) mass is 625 g/mol. The molecule has 1 N–H and O–H groups in total. The summed E-state index contributed by atoms with van der Waals surface area (Å²) < 4.78 is 35.6. The number of aromatic nitrogens is 2. The molecule has 1 aromatic heterocycles. The topological polar surface area (TPSA) is 125 Å². The van der Waals surface area contributed by atoms with Crippen LogP contribution in [0.5, 0.6) is 5.88 Å². The quantitative estimate of drug-likeness (QED) is 0.0832. The van der Waals surface area contributed by atoms with Crippen LogP contribution in [0.15, 0.2) is 109 Å². The van der Waals surface area contributed by atoms with E-state index in [1.165, 1.54) is 41.0 Å². The maximum Gasteiger partial charge on any atom is 0.415 e. The molecule has 0 saturated carbocycles. The van der Waals surface area contributed by atoms with E-state index in [0.717, 1.165) is 36.3 Å². The fourth-order valence-electron chi connectivity index (χ4n) is 4.04. The molecule has 230 valence electrons. The third-order valence-electron chi connectivity index (χ3n) is 6.41. The summed E-state index contributed by atoms with van der Waals surface area (Å²) in [5, 5.41) is 17.5. The molecule has 1 heterocycles. The van der Waals surface area contributed by atoms with E-state index in [0.29, 0.717) is 5.56 Å². The lowest BCUT2D eigenvalue weighted by atomic mass is 10.1. The summed E-state index contributed by atoms with van der Waals surface area (Å²) in [5.41, 5.74) is 4.60. The van der Waals surface area contributed by atoms with Gasteiger partial charge in [-0.05, 0) is 82.5 Å². The van der Waals surface area contributed by atoms with Crippen LogP contribution in [-0.4, -0.2) is 38.4 Å². The molecule has 2 aromatic carbocycles. The Morgan fingerprint density at radius 2 is 1.63 bits per heavy atom. The molecule has 0 radical (unpaired) electrons. The number of carbonyl (C=O) groups is 1. The maximum absolute atomic E-state index is 12.9. The molecule has 1 amide bonds. The Labute approximate surface area is 258 Å². The van der Waals surface area contributed by atoms with Gasteiger partial charge in [0.05, 0.1) is 22.2 Å². The van der Waals surface area contributed by atoms with Crippen LogP contribution in [-0.2, 0) is 9.84 Å². The maximum atomic E-state index is 12.9. The molecule has 0 aliphatic carbocycles. The lowest BCUT2D eigenvalue weighted by molar-refractivity contribution is -0.832. The minimum absolute atomic E-state index is 0.0503. The average molecular weight is 626 g/mol. The Hall–Kier alpha value is -3.83. The van der Waals surface area contributed by atoms with E-state index < -0.39 is 20.7 Å². The Balaban J connectivity index is 1.49. The zero-order valence-corrected chi connectivity index (χ0v) is 26.7. The van der Waals surface area contributed by atoms with Crippen molar-refractivity contribution in [2.24, 2.45) is 0 Å². The summed E-state index contributed by atoms with van der Waals surface area (Å²) in [6.45, 7) is 8.48. The van der Waals surface area contributed by atoms with Crippen LogP contribution in [0.25, 0.3) is 0 Å². The highest BCUT2D eigenvalue weighted by molar-refractivity contribution is 7.99. The number of amides is 1. The zero-order chi connectivity index (χ0) is 31.2. The lowest BCUT2D eigenvalue weighted by Gasteiger charge is -2.09. The highest BCUT2D eigenvalue weighted by Crippen LogP contribution is 2.25. The van der Waals surface area contributed by atoms with E-state index in [-0.39, 0.29) is 28.9 Å². The number of nitrogens with one attached hydrogen (secondary N) is 1. The second-order valence-electron chi connectivity index (χ2n) is 10.2. The molecule has 0 spiro atoms. The van der Waals surface area contributed by atoms with Crippen LogP contribution in [0, 0.1) is 5.21 Å². The third-order valence-corrected chi connectivity index (χ3v) is 9.13. The van der Waals surface area contributed by atoms with Gasteiger partial charge in [0.15, 0.2) is 0 Å². The molecular formula is C32H39N3O6S2. The second-order valence-corrected chi connectivity index (χ2v) is 13.2.